The van der Waals surface area contributed by atoms with E-state index in [0.717, 1.165) is 19.3 Å². The summed E-state index contributed by atoms with van der Waals surface area (Å²) in [5.74, 6) is -1.22. The third-order valence-corrected chi connectivity index (χ3v) is 7.26. The van der Waals surface area contributed by atoms with E-state index in [4.69, 9.17) is 5.26 Å². The molecule has 0 unspecified atom stereocenters. The van der Waals surface area contributed by atoms with Crippen molar-refractivity contribution in [2.24, 2.45) is 0 Å². The topological polar surface area (TPSA) is 49.7 Å². The fraction of sp³-hybridized carbons (Fsp3) is 1.00. The standard InChI is InChI=1S/C6H12O3.2C4H9.Sn/c7-6(9-8)4-2-1-3-5-6;2*1-3-4-2;/h7-8H,1-5H2;2*1,3-4H2,2H3;. The Morgan fingerprint density at radius 1 is 1.00 bits per heavy atom. The molecule has 4 heteroatoms. The van der Waals surface area contributed by atoms with Gasteiger partial charge >= 0.3 is 69.5 Å². The SMILES string of the molecule is CCC[CH2][Sn][CH2]CCC.OOC1(O)CCCCC1. The smallest absolute Gasteiger partial charge is 0.198 e. The minimum atomic E-state index is -1.22. The van der Waals surface area contributed by atoms with Crippen LogP contribution in [0, 0.1) is 0 Å². The summed E-state index contributed by atoms with van der Waals surface area (Å²) in [6, 6.07) is 0. The largest absolute Gasteiger partial charge is 0.363 e. The van der Waals surface area contributed by atoms with Gasteiger partial charge in [-0.25, -0.2) is 10.1 Å². The van der Waals surface area contributed by atoms with E-state index in [9.17, 15) is 5.11 Å². The van der Waals surface area contributed by atoms with Crippen LogP contribution < -0.4 is 0 Å². The fourth-order valence-corrected chi connectivity index (χ4v) is 6.08. The van der Waals surface area contributed by atoms with Crippen LogP contribution in [0.1, 0.15) is 71.6 Å². The van der Waals surface area contributed by atoms with Crippen LogP contribution in [0.3, 0.4) is 0 Å². The van der Waals surface area contributed by atoms with Crippen molar-refractivity contribution in [3.8, 4) is 0 Å². The van der Waals surface area contributed by atoms with Crippen LogP contribution in [0.2, 0.25) is 8.87 Å². The average molecular weight is 365 g/mol. The van der Waals surface area contributed by atoms with Gasteiger partial charge in [0.05, 0.1) is 0 Å². The summed E-state index contributed by atoms with van der Waals surface area (Å²) in [5.41, 5.74) is 0. The number of unbranched alkanes of at least 4 members (excludes halogenated alkanes) is 2. The van der Waals surface area contributed by atoms with Crippen molar-refractivity contribution in [3.05, 3.63) is 0 Å². The van der Waals surface area contributed by atoms with Crippen LogP contribution in [0.25, 0.3) is 0 Å². The number of hydrogen-bond donors (Lipinski definition) is 2. The van der Waals surface area contributed by atoms with Crippen molar-refractivity contribution in [1.82, 2.24) is 0 Å². The second-order valence-electron chi connectivity index (χ2n) is 5.06. The molecule has 0 amide bonds. The molecule has 1 saturated carbocycles. The van der Waals surface area contributed by atoms with Gasteiger partial charge in [0.25, 0.3) is 0 Å². The van der Waals surface area contributed by atoms with E-state index in [-0.39, 0.29) is 21.1 Å². The number of aliphatic hydroxyl groups is 1. The van der Waals surface area contributed by atoms with Gasteiger partial charge in [-0.3, -0.25) is 0 Å². The predicted molar refractivity (Wildman–Crippen MR) is 76.9 cm³/mol. The first-order valence-corrected chi connectivity index (χ1v) is 11.5. The molecule has 1 aliphatic rings. The van der Waals surface area contributed by atoms with Crippen LogP contribution in [-0.2, 0) is 4.89 Å². The van der Waals surface area contributed by atoms with Crippen LogP contribution in [-0.4, -0.2) is 37.3 Å². The zero-order valence-electron chi connectivity index (χ0n) is 12.1. The van der Waals surface area contributed by atoms with E-state index in [2.05, 4.69) is 18.7 Å². The normalized spacial score (nSPS) is 18.0. The molecule has 1 fully saturated rings. The molecule has 18 heavy (non-hydrogen) atoms. The quantitative estimate of drug-likeness (QED) is 0.233. The fourth-order valence-electron chi connectivity index (χ4n) is 1.92. The summed E-state index contributed by atoms with van der Waals surface area (Å²) in [7, 11) is 0. The zero-order chi connectivity index (χ0) is 13.7. The maximum Gasteiger partial charge on any atom is 0.198 e. The van der Waals surface area contributed by atoms with E-state index in [0.29, 0.717) is 12.8 Å². The Balaban J connectivity index is 0.000000321. The maximum absolute atomic E-state index is 9.21. The Morgan fingerprint density at radius 3 is 1.83 bits per heavy atom. The monoisotopic (exact) mass is 366 g/mol. The summed E-state index contributed by atoms with van der Waals surface area (Å²) in [6.45, 7) is 4.58. The van der Waals surface area contributed by atoms with Gasteiger partial charge in [0, 0.05) is 12.8 Å². The van der Waals surface area contributed by atoms with Gasteiger partial charge in [-0.05, 0) is 12.8 Å². The van der Waals surface area contributed by atoms with Crippen molar-refractivity contribution in [2.75, 3.05) is 0 Å². The van der Waals surface area contributed by atoms with E-state index >= 15 is 0 Å². The van der Waals surface area contributed by atoms with Crippen LogP contribution in [0.15, 0.2) is 0 Å². The van der Waals surface area contributed by atoms with Crippen LogP contribution in [0.5, 0.6) is 0 Å². The number of hydrogen-bond acceptors (Lipinski definition) is 3. The van der Waals surface area contributed by atoms with Crippen LogP contribution >= 0.6 is 0 Å². The second kappa shape index (κ2) is 12.7. The molecule has 1 rings (SSSR count). The molecule has 1 aliphatic carbocycles. The third kappa shape index (κ3) is 10.6. The number of rotatable bonds is 7. The summed E-state index contributed by atoms with van der Waals surface area (Å²) in [4.78, 5) is 3.93. The minimum absolute atomic E-state index is 0.149. The Labute approximate surface area is 122 Å². The maximum atomic E-state index is 9.21. The molecule has 0 aromatic heterocycles. The Hall–Kier alpha value is 0.679. The van der Waals surface area contributed by atoms with Crippen molar-refractivity contribution in [2.45, 2.75) is 86.3 Å². The zero-order valence-corrected chi connectivity index (χ0v) is 14.9. The first kappa shape index (κ1) is 18.7. The Morgan fingerprint density at radius 2 is 1.50 bits per heavy atom. The van der Waals surface area contributed by atoms with Gasteiger partial charge in [-0.1, -0.05) is 6.42 Å². The molecule has 2 radical (unpaired) electrons. The van der Waals surface area contributed by atoms with Gasteiger partial charge in [0.2, 0.25) is 0 Å². The molecule has 0 saturated heterocycles. The van der Waals surface area contributed by atoms with Gasteiger partial charge in [-0.2, -0.15) is 0 Å². The first-order chi connectivity index (χ1) is 8.68. The second-order valence-corrected chi connectivity index (χ2v) is 9.34. The van der Waals surface area contributed by atoms with E-state index in [1.54, 1.807) is 8.87 Å². The van der Waals surface area contributed by atoms with E-state index in [1.165, 1.54) is 25.7 Å². The molecular weight excluding hydrogens is 335 g/mol. The molecule has 0 atom stereocenters. The van der Waals surface area contributed by atoms with Crippen LogP contribution in [0.4, 0.5) is 0 Å². The Kier molecular flexibility index (Phi) is 13.2. The first-order valence-electron chi connectivity index (χ1n) is 7.44. The van der Waals surface area contributed by atoms with Gasteiger partial charge in [-0.15, -0.1) is 0 Å². The minimum Gasteiger partial charge on any atom is -0.363 e. The van der Waals surface area contributed by atoms with Crippen molar-refractivity contribution >= 4 is 21.1 Å². The predicted octanol–water partition coefficient (Wildman–Crippen LogP) is 4.26. The molecule has 2 N–H and O–H groups in total. The molecule has 0 aromatic rings. The van der Waals surface area contributed by atoms with Gasteiger partial charge in [0.1, 0.15) is 0 Å². The molecule has 0 bridgehead atoms. The summed E-state index contributed by atoms with van der Waals surface area (Å²) in [5, 5.41) is 17.4. The van der Waals surface area contributed by atoms with Gasteiger partial charge in [0.15, 0.2) is 5.79 Å². The molecular formula is C14H30O3Sn. The average Bonchev–Trinajstić information content (AvgIpc) is 2.40. The van der Waals surface area contributed by atoms with E-state index in [1.807, 2.05) is 0 Å². The van der Waals surface area contributed by atoms with Crippen molar-refractivity contribution < 1.29 is 15.3 Å². The van der Waals surface area contributed by atoms with Crippen molar-refractivity contribution in [3.63, 3.8) is 0 Å². The molecule has 0 spiro atoms. The van der Waals surface area contributed by atoms with Gasteiger partial charge < -0.3 is 5.11 Å². The molecule has 108 valence electrons. The Bertz CT molecular complexity index is 164. The summed E-state index contributed by atoms with van der Waals surface area (Å²) in [6.07, 6.45) is 9.97. The summed E-state index contributed by atoms with van der Waals surface area (Å²) < 4.78 is 3.25. The molecule has 0 heterocycles. The van der Waals surface area contributed by atoms with E-state index < -0.39 is 5.79 Å². The third-order valence-electron chi connectivity index (χ3n) is 3.22. The summed E-state index contributed by atoms with van der Waals surface area (Å²) >= 11 is 0.149. The molecule has 0 aliphatic heterocycles. The molecule has 3 nitrogen and oxygen atoms in total. The molecule has 0 aromatic carbocycles. The van der Waals surface area contributed by atoms with Crippen molar-refractivity contribution in [1.29, 1.82) is 0 Å².